The third kappa shape index (κ3) is 3.23. The Kier molecular flexibility index (Phi) is 4.18. The summed E-state index contributed by atoms with van der Waals surface area (Å²) in [5, 5.41) is 4.59. The normalized spacial score (nSPS) is 14.0. The van der Waals surface area contributed by atoms with Crippen LogP contribution in [0.15, 0.2) is 59.6 Å². The maximum absolute atomic E-state index is 6.06. The molecule has 1 heterocycles. The number of nitrogens with one attached hydrogen (secondary N) is 1. The molecule has 0 aliphatic carbocycles. The van der Waals surface area contributed by atoms with Gasteiger partial charge in [0.05, 0.1) is 6.54 Å². The first-order chi connectivity index (χ1) is 10.2. The summed E-state index contributed by atoms with van der Waals surface area (Å²) in [6.45, 7) is 1.51. The van der Waals surface area contributed by atoms with E-state index in [1.807, 2.05) is 59.5 Å². The second-order valence-corrected chi connectivity index (χ2v) is 5.49. The fourth-order valence-corrected chi connectivity index (χ4v) is 2.72. The number of amidine groups is 1. The van der Waals surface area contributed by atoms with Gasteiger partial charge in [-0.15, -0.1) is 0 Å². The largest absolute Gasteiger partial charge is 0.332 e. The molecule has 0 saturated carbocycles. The smallest absolute Gasteiger partial charge is 0.179 e. The van der Waals surface area contributed by atoms with Gasteiger partial charge in [0, 0.05) is 22.8 Å². The minimum absolute atomic E-state index is 0.650. The second-order valence-electron chi connectivity index (χ2n) is 4.66. The van der Waals surface area contributed by atoms with Crippen LogP contribution in [0.3, 0.4) is 0 Å². The average molecular weight is 316 g/mol. The van der Waals surface area contributed by atoms with E-state index in [4.69, 9.17) is 23.8 Å². The molecule has 5 heteroatoms. The number of nitrogens with zero attached hydrogens (tertiary/aromatic N) is 2. The molecular weight excluding hydrogens is 302 g/mol. The van der Waals surface area contributed by atoms with E-state index in [1.54, 1.807) is 0 Å². The molecule has 0 fully saturated rings. The van der Waals surface area contributed by atoms with Crippen molar-refractivity contribution < 1.29 is 0 Å². The third-order valence-corrected chi connectivity index (χ3v) is 3.75. The van der Waals surface area contributed by atoms with Crippen LogP contribution in [0.2, 0.25) is 5.02 Å². The van der Waals surface area contributed by atoms with Gasteiger partial charge in [-0.2, -0.15) is 0 Å². The Morgan fingerprint density at radius 1 is 1.14 bits per heavy atom. The van der Waals surface area contributed by atoms with Crippen LogP contribution in [0.1, 0.15) is 5.56 Å². The number of hydrogen-bond acceptors (Lipinski definition) is 2. The molecular formula is C16H14ClN3S. The molecule has 0 aromatic heterocycles. The summed E-state index contributed by atoms with van der Waals surface area (Å²) in [6, 6.07) is 17.6. The molecule has 1 N–H and O–H groups in total. The zero-order valence-corrected chi connectivity index (χ0v) is 12.9. The van der Waals surface area contributed by atoms with Gasteiger partial charge in [0.1, 0.15) is 5.84 Å². The van der Waals surface area contributed by atoms with Gasteiger partial charge in [-0.1, -0.05) is 41.9 Å². The second kappa shape index (κ2) is 6.24. The fourth-order valence-electron chi connectivity index (χ4n) is 2.23. The summed E-state index contributed by atoms with van der Waals surface area (Å²) in [6.07, 6.45) is 0. The monoisotopic (exact) mass is 315 g/mol. The van der Waals surface area contributed by atoms with E-state index in [9.17, 15) is 0 Å². The van der Waals surface area contributed by atoms with Crippen LogP contribution >= 0.6 is 23.8 Å². The van der Waals surface area contributed by atoms with Crippen molar-refractivity contribution in [3.05, 3.63) is 65.2 Å². The topological polar surface area (TPSA) is 27.6 Å². The van der Waals surface area contributed by atoms with E-state index in [-0.39, 0.29) is 0 Å². The lowest BCUT2D eigenvalue weighted by Crippen LogP contribution is -2.38. The summed E-state index contributed by atoms with van der Waals surface area (Å²) in [5.41, 5.74) is 1.96. The lowest BCUT2D eigenvalue weighted by molar-refractivity contribution is 0.676. The molecule has 2 aromatic carbocycles. The van der Waals surface area contributed by atoms with Crippen LogP contribution in [0.4, 0.5) is 5.69 Å². The third-order valence-electron chi connectivity index (χ3n) is 3.19. The predicted octanol–water partition coefficient (Wildman–Crippen LogP) is 3.80. The Bertz CT molecular complexity index is 685. The summed E-state index contributed by atoms with van der Waals surface area (Å²) in [5.74, 6) is 0.867. The van der Waals surface area contributed by atoms with Crippen LogP contribution in [-0.2, 0) is 0 Å². The number of rotatable bonds is 2. The summed E-state index contributed by atoms with van der Waals surface area (Å²) in [7, 11) is 0. The van der Waals surface area contributed by atoms with E-state index in [1.165, 1.54) is 0 Å². The highest BCUT2D eigenvalue weighted by Gasteiger charge is 2.22. The first-order valence-corrected chi connectivity index (χ1v) is 7.46. The van der Waals surface area contributed by atoms with E-state index >= 15 is 0 Å². The number of halogens is 1. The quantitative estimate of drug-likeness (QED) is 0.854. The molecule has 0 atom stereocenters. The van der Waals surface area contributed by atoms with Crippen molar-refractivity contribution in [2.24, 2.45) is 4.99 Å². The van der Waals surface area contributed by atoms with Crippen LogP contribution in [0.25, 0.3) is 0 Å². The molecule has 0 amide bonds. The Morgan fingerprint density at radius 2 is 1.95 bits per heavy atom. The van der Waals surface area contributed by atoms with Crippen LogP contribution in [0.5, 0.6) is 0 Å². The SMILES string of the molecule is S=C(Nc1ccccc1)N1CCN=C1c1cccc(Cl)c1. The molecule has 21 heavy (non-hydrogen) atoms. The maximum Gasteiger partial charge on any atom is 0.179 e. The molecule has 2 aromatic rings. The number of hydrogen-bond donors (Lipinski definition) is 1. The number of aliphatic imine (C=N–C) groups is 1. The van der Waals surface area contributed by atoms with Gasteiger partial charge in [0.2, 0.25) is 0 Å². The number of anilines is 1. The molecule has 1 aliphatic heterocycles. The van der Waals surface area contributed by atoms with E-state index in [0.29, 0.717) is 10.1 Å². The van der Waals surface area contributed by atoms with Crippen LogP contribution in [-0.4, -0.2) is 28.9 Å². The molecule has 0 unspecified atom stereocenters. The first kappa shape index (κ1) is 14.0. The standard InChI is InChI=1S/C16H14ClN3S/c17-13-6-4-5-12(11-13)15-18-9-10-20(15)16(21)19-14-7-2-1-3-8-14/h1-8,11H,9-10H2,(H,19,21). The van der Waals surface area contributed by atoms with Gasteiger partial charge < -0.3 is 10.2 Å². The predicted molar refractivity (Wildman–Crippen MR) is 92.2 cm³/mol. The maximum atomic E-state index is 6.06. The number of para-hydroxylation sites is 1. The molecule has 0 radical (unpaired) electrons. The Hall–Kier alpha value is -1.91. The number of thiocarbonyl (C=S) groups is 1. The van der Waals surface area contributed by atoms with Crippen molar-refractivity contribution in [1.82, 2.24) is 4.90 Å². The van der Waals surface area contributed by atoms with Gasteiger partial charge in [-0.05, 0) is 36.5 Å². The zero-order chi connectivity index (χ0) is 14.7. The molecule has 3 nitrogen and oxygen atoms in total. The van der Waals surface area contributed by atoms with Gasteiger partial charge in [-0.3, -0.25) is 4.99 Å². The highest BCUT2D eigenvalue weighted by Crippen LogP contribution is 2.17. The van der Waals surface area contributed by atoms with Crippen molar-refractivity contribution in [3.63, 3.8) is 0 Å². The summed E-state index contributed by atoms with van der Waals surface area (Å²) in [4.78, 5) is 6.56. The molecule has 0 bridgehead atoms. The highest BCUT2D eigenvalue weighted by atomic mass is 35.5. The Labute approximate surface area is 134 Å². The van der Waals surface area contributed by atoms with E-state index < -0.39 is 0 Å². The minimum atomic E-state index is 0.650. The van der Waals surface area contributed by atoms with Crippen LogP contribution in [0, 0.1) is 0 Å². The molecule has 0 saturated heterocycles. The Morgan fingerprint density at radius 3 is 2.71 bits per heavy atom. The van der Waals surface area contributed by atoms with Gasteiger partial charge in [0.25, 0.3) is 0 Å². The highest BCUT2D eigenvalue weighted by molar-refractivity contribution is 7.80. The zero-order valence-electron chi connectivity index (χ0n) is 11.3. The number of benzene rings is 2. The van der Waals surface area contributed by atoms with Gasteiger partial charge >= 0.3 is 0 Å². The van der Waals surface area contributed by atoms with Crippen molar-refractivity contribution >= 4 is 40.5 Å². The van der Waals surface area contributed by atoms with Crippen molar-refractivity contribution in [2.45, 2.75) is 0 Å². The molecule has 0 spiro atoms. The minimum Gasteiger partial charge on any atom is -0.332 e. The summed E-state index contributed by atoms with van der Waals surface area (Å²) < 4.78 is 0. The summed E-state index contributed by atoms with van der Waals surface area (Å²) >= 11 is 11.6. The van der Waals surface area contributed by atoms with Crippen molar-refractivity contribution in [1.29, 1.82) is 0 Å². The van der Waals surface area contributed by atoms with Gasteiger partial charge in [-0.25, -0.2) is 0 Å². The fraction of sp³-hybridized carbons (Fsp3) is 0.125. The Balaban J connectivity index is 1.79. The lowest BCUT2D eigenvalue weighted by Gasteiger charge is -2.22. The van der Waals surface area contributed by atoms with Crippen molar-refractivity contribution in [2.75, 3.05) is 18.4 Å². The molecule has 106 valence electrons. The van der Waals surface area contributed by atoms with E-state index in [0.717, 1.165) is 30.2 Å². The first-order valence-electron chi connectivity index (χ1n) is 6.68. The van der Waals surface area contributed by atoms with Gasteiger partial charge in [0.15, 0.2) is 5.11 Å². The average Bonchev–Trinajstić information content (AvgIpc) is 2.98. The van der Waals surface area contributed by atoms with Crippen LogP contribution < -0.4 is 5.32 Å². The molecule has 1 aliphatic rings. The van der Waals surface area contributed by atoms with Crippen molar-refractivity contribution in [3.8, 4) is 0 Å². The molecule has 3 rings (SSSR count). The lowest BCUT2D eigenvalue weighted by atomic mass is 10.2. The van der Waals surface area contributed by atoms with E-state index in [2.05, 4.69) is 10.3 Å².